The van der Waals surface area contributed by atoms with Gasteiger partial charge in [-0.15, -0.1) is 11.3 Å². The zero-order valence-electron chi connectivity index (χ0n) is 15.6. The number of methoxy groups -OCH3 is 2. The molecule has 0 fully saturated rings. The fraction of sp³-hybridized carbons (Fsp3) is 0.278. The molecule has 1 heterocycles. The van der Waals surface area contributed by atoms with Gasteiger partial charge in [0.1, 0.15) is 27.8 Å². The Morgan fingerprint density at radius 3 is 2.38 bits per heavy atom. The maximum Gasteiger partial charge on any atom is 0.348 e. The topological polar surface area (TPSA) is 114 Å². The third kappa shape index (κ3) is 5.31. The van der Waals surface area contributed by atoms with Gasteiger partial charge in [-0.1, -0.05) is 23.2 Å². The monoisotopic (exact) mass is 461 g/mol. The molecule has 29 heavy (non-hydrogen) atoms. The lowest BCUT2D eigenvalue weighted by Gasteiger charge is -2.15. The first kappa shape index (κ1) is 22.8. The molecule has 0 spiro atoms. The van der Waals surface area contributed by atoms with Crippen molar-refractivity contribution in [2.45, 2.75) is 19.6 Å². The van der Waals surface area contributed by atoms with Crippen molar-refractivity contribution in [1.82, 2.24) is 0 Å². The quantitative estimate of drug-likeness (QED) is 0.489. The molecule has 8 nitrogen and oxygen atoms in total. The fourth-order valence-corrected chi connectivity index (χ4v) is 3.71. The van der Waals surface area contributed by atoms with Gasteiger partial charge in [-0.3, -0.25) is 0 Å². The highest BCUT2D eigenvalue weighted by Gasteiger charge is 2.29. The standard InChI is InChI=1S/C18H17Cl2NO7S/c1-8(28-12-5-4-9(19)6-11(12)20)16(22)27-7-10-13(17(23)25-2)15(21)29-14(10)18(24)26-3/h4-6,8H,7,21H2,1-3H3. The van der Waals surface area contributed by atoms with Gasteiger partial charge in [0.05, 0.1) is 19.2 Å². The highest BCUT2D eigenvalue weighted by atomic mass is 35.5. The van der Waals surface area contributed by atoms with E-state index in [4.69, 9.17) is 38.4 Å². The summed E-state index contributed by atoms with van der Waals surface area (Å²) in [5.41, 5.74) is 5.87. The first-order valence-corrected chi connectivity index (χ1v) is 9.62. The molecule has 2 rings (SSSR count). The van der Waals surface area contributed by atoms with Crippen LogP contribution in [0.25, 0.3) is 0 Å². The Hall–Kier alpha value is -2.49. The second-order valence-corrected chi connectivity index (χ2v) is 7.47. The third-order valence-electron chi connectivity index (χ3n) is 3.68. The van der Waals surface area contributed by atoms with Gasteiger partial charge in [0.2, 0.25) is 0 Å². The van der Waals surface area contributed by atoms with E-state index in [1.165, 1.54) is 33.3 Å². The number of benzene rings is 1. The van der Waals surface area contributed by atoms with E-state index in [0.29, 0.717) is 5.02 Å². The van der Waals surface area contributed by atoms with Gasteiger partial charge in [-0.2, -0.15) is 0 Å². The number of thiophene rings is 1. The number of hydrogen-bond acceptors (Lipinski definition) is 9. The van der Waals surface area contributed by atoms with Gasteiger partial charge in [-0.25, -0.2) is 14.4 Å². The van der Waals surface area contributed by atoms with E-state index >= 15 is 0 Å². The Kier molecular flexibility index (Phi) is 7.72. The summed E-state index contributed by atoms with van der Waals surface area (Å²) >= 11 is 12.7. The van der Waals surface area contributed by atoms with Crippen molar-refractivity contribution in [2.24, 2.45) is 0 Å². The van der Waals surface area contributed by atoms with Gasteiger partial charge >= 0.3 is 17.9 Å². The molecule has 0 bridgehead atoms. The number of carbonyl (C=O) groups excluding carboxylic acids is 3. The van der Waals surface area contributed by atoms with Gasteiger partial charge in [0.15, 0.2) is 6.10 Å². The van der Waals surface area contributed by atoms with Crippen LogP contribution >= 0.6 is 34.5 Å². The number of hydrogen-bond donors (Lipinski definition) is 1. The maximum atomic E-state index is 12.3. The van der Waals surface area contributed by atoms with Crippen molar-refractivity contribution in [2.75, 3.05) is 20.0 Å². The highest BCUT2D eigenvalue weighted by molar-refractivity contribution is 7.18. The summed E-state index contributed by atoms with van der Waals surface area (Å²) in [5, 5.41) is 0.683. The summed E-state index contributed by atoms with van der Waals surface area (Å²) < 4.78 is 20.1. The number of nitrogen functional groups attached to an aromatic ring is 1. The molecule has 0 aliphatic rings. The Morgan fingerprint density at radius 1 is 1.14 bits per heavy atom. The molecule has 0 radical (unpaired) electrons. The molecule has 0 aliphatic heterocycles. The van der Waals surface area contributed by atoms with Crippen LogP contribution in [0.4, 0.5) is 5.00 Å². The molecule has 1 unspecified atom stereocenters. The summed E-state index contributed by atoms with van der Waals surface area (Å²) in [6, 6.07) is 4.54. The minimum absolute atomic E-state index is 0.0347. The third-order valence-corrected chi connectivity index (χ3v) is 5.25. The smallest absolute Gasteiger partial charge is 0.348 e. The number of halogens is 2. The van der Waals surface area contributed by atoms with Crippen LogP contribution in [0.5, 0.6) is 5.75 Å². The van der Waals surface area contributed by atoms with E-state index in [9.17, 15) is 14.4 Å². The molecule has 2 aromatic rings. The molecule has 156 valence electrons. The fourth-order valence-electron chi connectivity index (χ4n) is 2.28. The molecule has 0 saturated heterocycles. The van der Waals surface area contributed by atoms with Crippen molar-refractivity contribution >= 4 is 57.4 Å². The Labute approximate surface area is 180 Å². The molecule has 11 heteroatoms. The summed E-state index contributed by atoms with van der Waals surface area (Å²) in [7, 11) is 2.34. The van der Waals surface area contributed by atoms with Gasteiger partial charge in [0.25, 0.3) is 0 Å². The van der Waals surface area contributed by atoms with Gasteiger partial charge in [-0.05, 0) is 25.1 Å². The Morgan fingerprint density at radius 2 is 1.79 bits per heavy atom. The number of ether oxygens (including phenoxy) is 4. The molecule has 0 aliphatic carbocycles. The number of carbonyl (C=O) groups is 3. The van der Waals surface area contributed by atoms with E-state index in [-0.39, 0.29) is 31.8 Å². The second-order valence-electron chi connectivity index (χ2n) is 5.57. The van der Waals surface area contributed by atoms with Crippen LogP contribution in [0, 0.1) is 0 Å². The number of anilines is 1. The molecular weight excluding hydrogens is 445 g/mol. The van der Waals surface area contributed by atoms with E-state index in [0.717, 1.165) is 11.3 Å². The minimum atomic E-state index is -1.03. The zero-order valence-corrected chi connectivity index (χ0v) is 17.9. The average molecular weight is 462 g/mol. The lowest BCUT2D eigenvalue weighted by Crippen LogP contribution is -2.26. The first-order chi connectivity index (χ1) is 13.7. The van der Waals surface area contributed by atoms with Gasteiger partial charge < -0.3 is 24.7 Å². The van der Waals surface area contributed by atoms with Crippen LogP contribution in [-0.2, 0) is 25.6 Å². The van der Waals surface area contributed by atoms with Crippen LogP contribution in [0.3, 0.4) is 0 Å². The van der Waals surface area contributed by atoms with Crippen molar-refractivity contribution in [1.29, 1.82) is 0 Å². The van der Waals surface area contributed by atoms with Crippen LogP contribution < -0.4 is 10.5 Å². The normalized spacial score (nSPS) is 11.5. The molecule has 1 aromatic heterocycles. The van der Waals surface area contributed by atoms with Gasteiger partial charge in [0, 0.05) is 10.6 Å². The molecule has 2 N–H and O–H groups in total. The van der Waals surface area contributed by atoms with Crippen molar-refractivity contribution in [3.05, 3.63) is 44.2 Å². The minimum Gasteiger partial charge on any atom is -0.477 e. The number of nitrogens with two attached hydrogens (primary N) is 1. The van der Waals surface area contributed by atoms with E-state index in [1.807, 2.05) is 0 Å². The Bertz CT molecular complexity index is 945. The predicted molar refractivity (Wildman–Crippen MR) is 108 cm³/mol. The predicted octanol–water partition coefficient (Wildman–Crippen LogP) is 3.72. The van der Waals surface area contributed by atoms with E-state index in [1.54, 1.807) is 6.07 Å². The molecular formula is C18H17Cl2NO7S. The molecule has 1 aromatic carbocycles. The molecule has 1 atom stereocenters. The van der Waals surface area contributed by atoms with Crippen molar-refractivity contribution in [3.63, 3.8) is 0 Å². The molecule has 0 saturated carbocycles. The maximum absolute atomic E-state index is 12.3. The number of esters is 3. The van der Waals surface area contributed by atoms with Crippen molar-refractivity contribution in [3.8, 4) is 5.75 Å². The summed E-state index contributed by atoms with van der Waals surface area (Å²) in [6.45, 7) is 1.04. The number of rotatable bonds is 7. The van der Waals surface area contributed by atoms with E-state index in [2.05, 4.69) is 9.47 Å². The summed E-state index contributed by atoms with van der Waals surface area (Å²) in [4.78, 5) is 36.4. The van der Waals surface area contributed by atoms with Crippen LogP contribution in [-0.4, -0.2) is 38.2 Å². The summed E-state index contributed by atoms with van der Waals surface area (Å²) in [6.07, 6.45) is -1.03. The lowest BCUT2D eigenvalue weighted by atomic mass is 10.1. The largest absolute Gasteiger partial charge is 0.477 e. The van der Waals surface area contributed by atoms with E-state index < -0.39 is 30.6 Å². The van der Waals surface area contributed by atoms with Crippen LogP contribution in [0.15, 0.2) is 18.2 Å². The average Bonchev–Trinajstić information content (AvgIpc) is 3.02. The Balaban J connectivity index is 2.18. The SMILES string of the molecule is COC(=O)c1sc(N)c(C(=O)OC)c1COC(=O)C(C)Oc1ccc(Cl)cc1Cl. The summed E-state index contributed by atoms with van der Waals surface area (Å²) in [5.74, 6) is -2.00. The lowest BCUT2D eigenvalue weighted by molar-refractivity contribution is -0.152. The first-order valence-electron chi connectivity index (χ1n) is 8.05. The zero-order chi connectivity index (χ0) is 21.7. The second kappa shape index (κ2) is 9.82. The van der Waals surface area contributed by atoms with Crippen molar-refractivity contribution < 1.29 is 33.3 Å². The van der Waals surface area contributed by atoms with Crippen LogP contribution in [0.1, 0.15) is 32.5 Å². The highest BCUT2D eigenvalue weighted by Crippen LogP contribution is 2.33. The molecule has 0 amide bonds. The van der Waals surface area contributed by atoms with Crippen LogP contribution in [0.2, 0.25) is 10.0 Å².